The van der Waals surface area contributed by atoms with Crippen LogP contribution in [0.3, 0.4) is 0 Å². The molecule has 1 heterocycles. The quantitative estimate of drug-likeness (QED) is 0.367. The molecule has 0 atom stereocenters. The van der Waals surface area contributed by atoms with Crippen LogP contribution in [0.15, 0.2) is 40.6 Å². The van der Waals surface area contributed by atoms with Crippen molar-refractivity contribution in [3.63, 3.8) is 0 Å². The Bertz CT molecular complexity index is 383. The lowest BCUT2D eigenvalue weighted by Crippen LogP contribution is -2.43. The van der Waals surface area contributed by atoms with E-state index in [2.05, 4.69) is 10.3 Å². The van der Waals surface area contributed by atoms with Gasteiger partial charge < -0.3 is 10.1 Å². The molecule has 0 spiro atoms. The van der Waals surface area contributed by atoms with E-state index >= 15 is 0 Å². The minimum Gasteiger partial charge on any atom is -0.410 e. The Labute approximate surface area is 101 Å². The number of oxime groups is 1. The van der Waals surface area contributed by atoms with Crippen LogP contribution in [0.5, 0.6) is 0 Å². The summed E-state index contributed by atoms with van der Waals surface area (Å²) < 4.78 is 0. The van der Waals surface area contributed by atoms with Gasteiger partial charge in [-0.3, -0.25) is 5.01 Å². The van der Waals surface area contributed by atoms with E-state index in [4.69, 9.17) is 5.21 Å². The molecule has 1 aromatic rings. The van der Waals surface area contributed by atoms with Crippen molar-refractivity contribution in [1.29, 1.82) is 0 Å². The molecule has 0 amide bonds. The molecule has 1 aliphatic heterocycles. The second kappa shape index (κ2) is 5.89. The summed E-state index contributed by atoms with van der Waals surface area (Å²) in [7, 11) is 0. The Hall–Kier alpha value is -2.04. The summed E-state index contributed by atoms with van der Waals surface area (Å²) in [5, 5.41) is 17.9. The lowest BCUT2D eigenvalue weighted by molar-refractivity contribution is 0.188. The van der Waals surface area contributed by atoms with Crippen molar-refractivity contribution in [2.24, 2.45) is 10.3 Å². The van der Waals surface area contributed by atoms with Crippen LogP contribution in [-0.2, 0) is 0 Å². The molecule has 5 nitrogen and oxygen atoms in total. The van der Waals surface area contributed by atoms with E-state index in [1.165, 1.54) is 6.34 Å². The minimum absolute atomic E-state index is 0.830. The molecule has 0 unspecified atom stereocenters. The Morgan fingerprint density at radius 1 is 1.06 bits per heavy atom. The van der Waals surface area contributed by atoms with Crippen LogP contribution in [-0.4, -0.2) is 53.8 Å². The molecule has 0 aromatic heterocycles. The number of nitrogens with zero attached hydrogens (tertiary/aromatic N) is 4. The molecule has 2 rings (SSSR count). The highest BCUT2D eigenvalue weighted by Gasteiger charge is 2.12. The summed E-state index contributed by atoms with van der Waals surface area (Å²) in [6.07, 6.45) is 3.33. The van der Waals surface area contributed by atoms with E-state index in [0.717, 1.165) is 31.7 Å². The summed E-state index contributed by atoms with van der Waals surface area (Å²) in [6, 6.07) is 10.0. The standard InChI is InChI=1S/C12H16N4O/c17-14-11-15-6-8-16(9-7-15)13-10-12-4-2-1-3-5-12/h1-5,10-11,17H,6-9H2/b13-10?,14-11-. The Balaban J connectivity index is 1.84. The van der Waals surface area contributed by atoms with E-state index < -0.39 is 0 Å². The van der Waals surface area contributed by atoms with Gasteiger partial charge in [-0.25, -0.2) is 0 Å². The maximum atomic E-state index is 8.42. The van der Waals surface area contributed by atoms with Crippen LogP contribution in [0.4, 0.5) is 0 Å². The number of piperazine rings is 1. The first-order valence-corrected chi connectivity index (χ1v) is 5.64. The highest BCUT2D eigenvalue weighted by molar-refractivity contribution is 5.79. The van der Waals surface area contributed by atoms with E-state index in [1.807, 2.05) is 46.5 Å². The van der Waals surface area contributed by atoms with Gasteiger partial charge in [0.05, 0.1) is 19.3 Å². The lowest BCUT2D eigenvalue weighted by Gasteiger charge is -2.31. The van der Waals surface area contributed by atoms with Crippen molar-refractivity contribution in [2.45, 2.75) is 0 Å². The van der Waals surface area contributed by atoms with Gasteiger partial charge in [0.15, 0.2) is 0 Å². The van der Waals surface area contributed by atoms with Gasteiger partial charge in [-0.15, -0.1) is 0 Å². The number of hydrogen-bond donors (Lipinski definition) is 1. The first kappa shape index (κ1) is 11.4. The average Bonchev–Trinajstić information content (AvgIpc) is 2.40. The van der Waals surface area contributed by atoms with E-state index in [1.54, 1.807) is 0 Å². The number of hydrazone groups is 1. The van der Waals surface area contributed by atoms with E-state index in [9.17, 15) is 0 Å². The summed E-state index contributed by atoms with van der Waals surface area (Å²) in [6.45, 7) is 3.34. The second-order valence-corrected chi connectivity index (χ2v) is 3.88. The van der Waals surface area contributed by atoms with Crippen LogP contribution >= 0.6 is 0 Å². The van der Waals surface area contributed by atoms with Gasteiger partial charge in [0.1, 0.15) is 6.34 Å². The van der Waals surface area contributed by atoms with Crippen molar-refractivity contribution in [3.05, 3.63) is 35.9 Å². The zero-order valence-corrected chi connectivity index (χ0v) is 9.61. The molecule has 1 N–H and O–H groups in total. The third-order valence-electron chi connectivity index (χ3n) is 2.68. The summed E-state index contributed by atoms with van der Waals surface area (Å²) >= 11 is 0. The maximum Gasteiger partial charge on any atom is 0.130 e. The Morgan fingerprint density at radius 3 is 2.41 bits per heavy atom. The van der Waals surface area contributed by atoms with Gasteiger partial charge in [-0.2, -0.15) is 5.10 Å². The van der Waals surface area contributed by atoms with Crippen LogP contribution in [0.25, 0.3) is 0 Å². The molecule has 1 aromatic carbocycles. The fourth-order valence-electron chi connectivity index (χ4n) is 1.70. The Kier molecular flexibility index (Phi) is 3.96. The van der Waals surface area contributed by atoms with Gasteiger partial charge in [0.2, 0.25) is 0 Å². The molecule has 90 valence electrons. The molecular formula is C12H16N4O. The second-order valence-electron chi connectivity index (χ2n) is 3.88. The third-order valence-corrected chi connectivity index (χ3v) is 2.68. The minimum atomic E-state index is 0.830. The molecular weight excluding hydrogens is 216 g/mol. The van der Waals surface area contributed by atoms with Crippen LogP contribution < -0.4 is 0 Å². The molecule has 5 heteroatoms. The van der Waals surface area contributed by atoms with Crippen molar-refractivity contribution in [3.8, 4) is 0 Å². The monoisotopic (exact) mass is 232 g/mol. The maximum absolute atomic E-state index is 8.42. The first-order chi connectivity index (χ1) is 8.38. The normalized spacial score (nSPS) is 17.2. The molecule has 1 fully saturated rings. The molecule has 0 aliphatic carbocycles. The van der Waals surface area contributed by atoms with E-state index in [-0.39, 0.29) is 0 Å². The van der Waals surface area contributed by atoms with Gasteiger partial charge in [-0.1, -0.05) is 35.5 Å². The largest absolute Gasteiger partial charge is 0.410 e. The topological polar surface area (TPSA) is 51.4 Å². The average molecular weight is 232 g/mol. The summed E-state index contributed by atoms with van der Waals surface area (Å²) in [5.74, 6) is 0. The highest BCUT2D eigenvalue weighted by Crippen LogP contribution is 2.01. The van der Waals surface area contributed by atoms with Gasteiger partial charge in [0, 0.05) is 13.1 Å². The molecule has 0 saturated carbocycles. The number of rotatable bonds is 3. The van der Waals surface area contributed by atoms with E-state index in [0.29, 0.717) is 0 Å². The van der Waals surface area contributed by atoms with Crippen molar-refractivity contribution in [2.75, 3.05) is 26.2 Å². The van der Waals surface area contributed by atoms with Gasteiger partial charge in [0.25, 0.3) is 0 Å². The van der Waals surface area contributed by atoms with Crippen molar-refractivity contribution >= 4 is 12.6 Å². The number of benzene rings is 1. The molecule has 1 aliphatic rings. The predicted octanol–water partition coefficient (Wildman–Crippen LogP) is 1.06. The highest BCUT2D eigenvalue weighted by atomic mass is 16.4. The molecule has 0 radical (unpaired) electrons. The lowest BCUT2D eigenvalue weighted by atomic mass is 10.2. The first-order valence-electron chi connectivity index (χ1n) is 5.64. The SMILES string of the molecule is O/N=C\N1CCN(N=Cc2ccccc2)CC1. The van der Waals surface area contributed by atoms with Crippen LogP contribution in [0.2, 0.25) is 0 Å². The Morgan fingerprint density at radius 2 is 1.76 bits per heavy atom. The molecule has 0 bridgehead atoms. The molecule has 1 saturated heterocycles. The van der Waals surface area contributed by atoms with Crippen molar-refractivity contribution in [1.82, 2.24) is 9.91 Å². The fourth-order valence-corrected chi connectivity index (χ4v) is 1.70. The molecule has 17 heavy (non-hydrogen) atoms. The van der Waals surface area contributed by atoms with Crippen LogP contribution in [0.1, 0.15) is 5.56 Å². The summed E-state index contributed by atoms with van der Waals surface area (Å²) in [5.41, 5.74) is 1.10. The zero-order valence-electron chi connectivity index (χ0n) is 9.61. The smallest absolute Gasteiger partial charge is 0.130 e. The zero-order chi connectivity index (χ0) is 11.9. The van der Waals surface area contributed by atoms with Crippen molar-refractivity contribution < 1.29 is 5.21 Å². The number of hydrogen-bond acceptors (Lipinski definition) is 4. The fraction of sp³-hybridized carbons (Fsp3) is 0.333. The predicted molar refractivity (Wildman–Crippen MR) is 67.5 cm³/mol. The van der Waals surface area contributed by atoms with Gasteiger partial charge >= 0.3 is 0 Å². The summed E-state index contributed by atoms with van der Waals surface area (Å²) in [4.78, 5) is 1.97. The van der Waals surface area contributed by atoms with Gasteiger partial charge in [-0.05, 0) is 5.56 Å². The van der Waals surface area contributed by atoms with Crippen LogP contribution in [0, 0.1) is 0 Å². The third kappa shape index (κ3) is 3.48.